The molecule has 5 heteroatoms. The Kier molecular flexibility index (Phi) is 2.65. The van der Waals surface area contributed by atoms with Crippen LogP contribution in [0.1, 0.15) is 23.2 Å². The number of aromatic nitrogens is 2. The number of thiazole rings is 1. The van der Waals surface area contributed by atoms with Crippen LogP contribution in [0.3, 0.4) is 0 Å². The molecule has 0 aliphatic heterocycles. The van der Waals surface area contributed by atoms with Crippen LogP contribution in [-0.2, 0) is 23.1 Å². The number of hydrogen-bond acceptors (Lipinski definition) is 3. The van der Waals surface area contributed by atoms with Crippen molar-refractivity contribution in [3.8, 4) is 0 Å². The van der Waals surface area contributed by atoms with Crippen LogP contribution in [0, 0.1) is 0 Å². The largest absolute Gasteiger partial charge is 0.481 e. The average molecular weight is 298 g/mol. The molecule has 1 N–H and O–H groups in total. The molecule has 0 radical (unpaired) electrons. The Hall–Kier alpha value is -2.14. The Morgan fingerprint density at radius 1 is 1.43 bits per heavy atom. The summed E-state index contributed by atoms with van der Waals surface area (Å²) in [4.78, 5) is 17.5. The van der Waals surface area contributed by atoms with Gasteiger partial charge in [-0.3, -0.25) is 9.20 Å². The maximum atomic E-state index is 12.0. The molecule has 0 saturated heterocycles. The SMILES string of the molecule is O=C(O)C1(Cc2cn3ccsc3n2)CCc2ccccc21. The number of rotatable bonds is 3. The van der Waals surface area contributed by atoms with E-state index in [1.165, 1.54) is 0 Å². The number of hydrogen-bond donors (Lipinski definition) is 1. The molecule has 3 aromatic rings. The minimum absolute atomic E-state index is 0.452. The van der Waals surface area contributed by atoms with E-state index >= 15 is 0 Å². The Morgan fingerprint density at radius 2 is 2.29 bits per heavy atom. The molecular formula is C16H14N2O2S. The predicted octanol–water partition coefficient (Wildman–Crippen LogP) is 2.91. The number of benzene rings is 1. The number of carboxylic acids is 1. The highest BCUT2D eigenvalue weighted by atomic mass is 32.1. The minimum Gasteiger partial charge on any atom is -0.481 e. The second-order valence-electron chi connectivity index (χ2n) is 5.55. The van der Waals surface area contributed by atoms with Crippen molar-refractivity contribution in [3.63, 3.8) is 0 Å². The van der Waals surface area contributed by atoms with Gasteiger partial charge in [0.05, 0.1) is 11.1 Å². The van der Waals surface area contributed by atoms with Crippen LogP contribution in [-0.4, -0.2) is 20.5 Å². The van der Waals surface area contributed by atoms with Crippen molar-refractivity contribution in [1.29, 1.82) is 0 Å². The fourth-order valence-corrected chi connectivity index (χ4v) is 4.06. The molecule has 2 aromatic heterocycles. The second kappa shape index (κ2) is 4.43. The first-order chi connectivity index (χ1) is 10.2. The molecule has 21 heavy (non-hydrogen) atoms. The van der Waals surface area contributed by atoms with E-state index in [-0.39, 0.29) is 0 Å². The zero-order chi connectivity index (χ0) is 14.4. The van der Waals surface area contributed by atoms with Gasteiger partial charge in [0.2, 0.25) is 0 Å². The highest BCUT2D eigenvalue weighted by Crippen LogP contribution is 2.41. The van der Waals surface area contributed by atoms with E-state index in [1.54, 1.807) is 11.3 Å². The number of fused-ring (bicyclic) bond motifs is 2. The van der Waals surface area contributed by atoms with E-state index in [4.69, 9.17) is 0 Å². The van der Waals surface area contributed by atoms with Crippen molar-refractivity contribution in [2.24, 2.45) is 0 Å². The fraction of sp³-hybridized carbons (Fsp3) is 0.250. The number of carbonyl (C=O) groups is 1. The van der Waals surface area contributed by atoms with Gasteiger partial charge in [0, 0.05) is 24.2 Å². The summed E-state index contributed by atoms with van der Waals surface area (Å²) in [5.74, 6) is -0.746. The highest BCUT2D eigenvalue weighted by molar-refractivity contribution is 7.15. The maximum absolute atomic E-state index is 12.0. The lowest BCUT2D eigenvalue weighted by Crippen LogP contribution is -2.36. The number of aliphatic carboxylic acids is 1. The van der Waals surface area contributed by atoms with E-state index < -0.39 is 11.4 Å². The standard InChI is InChI=1S/C16H14N2O2S/c19-14(20)16(6-5-11-3-1-2-4-13(11)16)9-12-10-18-7-8-21-15(18)17-12/h1-4,7-8,10H,5-6,9H2,(H,19,20). The third kappa shape index (κ3) is 1.81. The molecule has 0 spiro atoms. The second-order valence-corrected chi connectivity index (χ2v) is 6.42. The van der Waals surface area contributed by atoms with Crippen molar-refractivity contribution < 1.29 is 9.90 Å². The van der Waals surface area contributed by atoms with Gasteiger partial charge in [0.1, 0.15) is 0 Å². The zero-order valence-corrected chi connectivity index (χ0v) is 12.1. The molecule has 4 rings (SSSR count). The van der Waals surface area contributed by atoms with Crippen molar-refractivity contribution in [2.75, 3.05) is 0 Å². The molecule has 1 aliphatic rings. The third-order valence-corrected chi connectivity index (χ3v) is 5.16. The van der Waals surface area contributed by atoms with Gasteiger partial charge in [-0.1, -0.05) is 24.3 Å². The van der Waals surface area contributed by atoms with E-state index in [1.807, 2.05) is 46.4 Å². The molecule has 0 fully saturated rings. The van der Waals surface area contributed by atoms with Crippen molar-refractivity contribution >= 4 is 22.3 Å². The van der Waals surface area contributed by atoms with E-state index in [0.717, 1.165) is 28.2 Å². The molecule has 1 atom stereocenters. The topological polar surface area (TPSA) is 54.6 Å². The molecule has 1 unspecified atom stereocenters. The van der Waals surface area contributed by atoms with Crippen LogP contribution >= 0.6 is 11.3 Å². The lowest BCUT2D eigenvalue weighted by Gasteiger charge is -2.24. The third-order valence-electron chi connectivity index (χ3n) is 4.39. The smallest absolute Gasteiger partial charge is 0.314 e. The van der Waals surface area contributed by atoms with Crippen LogP contribution < -0.4 is 0 Å². The summed E-state index contributed by atoms with van der Waals surface area (Å²) in [6.45, 7) is 0. The van der Waals surface area contributed by atoms with Gasteiger partial charge in [-0.15, -0.1) is 11.3 Å². The first kappa shape index (κ1) is 12.6. The molecule has 1 aromatic carbocycles. The van der Waals surface area contributed by atoms with Crippen molar-refractivity contribution in [1.82, 2.24) is 9.38 Å². The van der Waals surface area contributed by atoms with Crippen LogP contribution in [0.4, 0.5) is 0 Å². The van der Waals surface area contributed by atoms with Gasteiger partial charge in [0.15, 0.2) is 4.96 Å². The number of nitrogens with zero attached hydrogens (tertiary/aromatic N) is 2. The molecule has 106 valence electrons. The summed E-state index contributed by atoms with van der Waals surface area (Å²) >= 11 is 1.56. The van der Waals surface area contributed by atoms with E-state index in [2.05, 4.69) is 4.98 Å². The van der Waals surface area contributed by atoms with Gasteiger partial charge >= 0.3 is 5.97 Å². The van der Waals surface area contributed by atoms with Crippen molar-refractivity contribution in [2.45, 2.75) is 24.7 Å². The van der Waals surface area contributed by atoms with Crippen LogP contribution in [0.25, 0.3) is 4.96 Å². The molecule has 0 amide bonds. The summed E-state index contributed by atoms with van der Waals surface area (Å²) in [6, 6.07) is 7.89. The van der Waals surface area contributed by atoms with Crippen LogP contribution in [0.2, 0.25) is 0 Å². The maximum Gasteiger partial charge on any atom is 0.314 e. The van der Waals surface area contributed by atoms with Crippen LogP contribution in [0.5, 0.6) is 0 Å². The summed E-state index contributed by atoms with van der Waals surface area (Å²) in [5, 5.41) is 11.8. The molecule has 1 aliphatic carbocycles. The first-order valence-electron chi connectivity index (χ1n) is 6.92. The Bertz CT molecular complexity index is 807. The molecule has 4 nitrogen and oxygen atoms in total. The van der Waals surface area contributed by atoms with Gasteiger partial charge in [0.25, 0.3) is 0 Å². The molecular weight excluding hydrogens is 284 g/mol. The first-order valence-corrected chi connectivity index (χ1v) is 7.80. The summed E-state index contributed by atoms with van der Waals surface area (Å²) in [5.41, 5.74) is 2.12. The van der Waals surface area contributed by atoms with Gasteiger partial charge < -0.3 is 5.11 Å². The summed E-state index contributed by atoms with van der Waals surface area (Å²) in [6.07, 6.45) is 5.81. The number of imidazole rings is 1. The average Bonchev–Trinajstić information content (AvgIpc) is 3.13. The van der Waals surface area contributed by atoms with Gasteiger partial charge in [-0.2, -0.15) is 0 Å². The predicted molar refractivity (Wildman–Crippen MR) is 80.8 cm³/mol. The van der Waals surface area contributed by atoms with E-state index in [0.29, 0.717) is 12.8 Å². The minimum atomic E-state index is -0.833. The lowest BCUT2D eigenvalue weighted by molar-refractivity contribution is -0.143. The van der Waals surface area contributed by atoms with Crippen molar-refractivity contribution in [3.05, 3.63) is 58.9 Å². The normalized spacial score (nSPS) is 20.8. The summed E-state index contributed by atoms with van der Waals surface area (Å²) < 4.78 is 1.95. The van der Waals surface area contributed by atoms with Gasteiger partial charge in [-0.05, 0) is 24.0 Å². The molecule has 0 bridgehead atoms. The molecule has 2 heterocycles. The van der Waals surface area contributed by atoms with Crippen LogP contribution in [0.15, 0.2) is 42.0 Å². The van der Waals surface area contributed by atoms with Gasteiger partial charge in [-0.25, -0.2) is 4.98 Å². The molecule has 0 saturated carbocycles. The summed E-state index contributed by atoms with van der Waals surface area (Å²) in [7, 11) is 0. The highest BCUT2D eigenvalue weighted by Gasteiger charge is 2.45. The fourth-order valence-electron chi connectivity index (χ4n) is 3.34. The number of aryl methyl sites for hydroxylation is 1. The quantitative estimate of drug-likeness (QED) is 0.809. The lowest BCUT2D eigenvalue weighted by atomic mass is 9.78. The number of carboxylic acid groups (broad SMARTS) is 1. The Balaban J connectivity index is 1.79. The Labute approximate surface area is 125 Å². The zero-order valence-electron chi connectivity index (χ0n) is 11.3. The van der Waals surface area contributed by atoms with E-state index in [9.17, 15) is 9.90 Å². The monoisotopic (exact) mass is 298 g/mol. The Morgan fingerprint density at radius 3 is 3.10 bits per heavy atom.